The molecule has 0 aliphatic carbocycles. The van der Waals surface area contributed by atoms with Gasteiger partial charge in [0, 0.05) is 44.7 Å². The molecule has 0 radical (unpaired) electrons. The van der Waals surface area contributed by atoms with Gasteiger partial charge < -0.3 is 15.4 Å². The van der Waals surface area contributed by atoms with Crippen molar-refractivity contribution in [3.05, 3.63) is 29.8 Å². The molecule has 0 bridgehead atoms. The van der Waals surface area contributed by atoms with Crippen LogP contribution in [0.15, 0.2) is 24.3 Å². The van der Waals surface area contributed by atoms with Crippen molar-refractivity contribution in [3.8, 4) is 5.75 Å². The first-order valence-electron chi connectivity index (χ1n) is 11.3. The van der Waals surface area contributed by atoms with E-state index in [2.05, 4.69) is 48.3 Å². The molecule has 2 N–H and O–H groups in total. The lowest BCUT2D eigenvalue weighted by Crippen LogP contribution is -2.51. The molecule has 2 amide bonds. The van der Waals surface area contributed by atoms with Gasteiger partial charge in [-0.2, -0.15) is 0 Å². The van der Waals surface area contributed by atoms with E-state index < -0.39 is 0 Å². The lowest BCUT2D eigenvalue weighted by Gasteiger charge is -2.34. The zero-order valence-corrected chi connectivity index (χ0v) is 19.6. The average Bonchev–Trinajstić information content (AvgIpc) is 3.08. The second-order valence-corrected chi connectivity index (χ2v) is 10.1. The van der Waals surface area contributed by atoms with Crippen molar-refractivity contribution < 1.29 is 14.3 Å². The molecule has 3 rings (SSSR count). The van der Waals surface area contributed by atoms with E-state index in [0.29, 0.717) is 19.5 Å². The van der Waals surface area contributed by atoms with Crippen molar-refractivity contribution in [2.45, 2.75) is 64.7 Å². The number of likely N-dealkylation sites (tertiary alicyclic amines) is 1. The van der Waals surface area contributed by atoms with Gasteiger partial charge in [-0.05, 0) is 43.0 Å². The Balaban J connectivity index is 1.51. The molecule has 172 valence electrons. The second kappa shape index (κ2) is 10.0. The summed E-state index contributed by atoms with van der Waals surface area (Å²) in [6.45, 7) is 9.60. The van der Waals surface area contributed by atoms with Crippen LogP contribution in [0, 0.1) is 5.41 Å². The van der Waals surface area contributed by atoms with E-state index in [1.807, 2.05) is 24.3 Å². The zero-order valence-electron chi connectivity index (χ0n) is 19.6. The van der Waals surface area contributed by atoms with Crippen molar-refractivity contribution >= 4 is 11.8 Å². The molecule has 2 aliphatic rings. The van der Waals surface area contributed by atoms with Gasteiger partial charge in [0.05, 0.1) is 7.11 Å². The molecule has 2 aliphatic heterocycles. The number of carbonyl (C=O) groups is 2. The normalized spacial score (nSPS) is 24.9. The number of nitrogens with zero attached hydrogens (tertiary/aromatic N) is 2. The van der Waals surface area contributed by atoms with E-state index >= 15 is 0 Å². The van der Waals surface area contributed by atoms with E-state index in [-0.39, 0.29) is 35.4 Å². The standard InChI is InChI=1S/C24H38N4O3/c1-24(2,3)16-28-13-12-20-22(28)23(30)26-15-18(27(20)4)8-11-21(29)25-14-17-6-9-19(31-5)10-7-17/h6-7,9-10,18,20,22H,8,11-16H2,1-5H3,(H,25,29)(H,26,30)/t18-,20-,22-/m0/s1. The van der Waals surface area contributed by atoms with E-state index in [0.717, 1.165) is 37.2 Å². The minimum atomic E-state index is -0.0990. The fourth-order valence-corrected chi connectivity index (χ4v) is 4.77. The van der Waals surface area contributed by atoms with Crippen LogP contribution < -0.4 is 15.4 Å². The molecule has 0 saturated carbocycles. The van der Waals surface area contributed by atoms with Gasteiger partial charge in [0.15, 0.2) is 0 Å². The molecular weight excluding hydrogens is 392 g/mol. The fraction of sp³-hybridized carbons (Fsp3) is 0.667. The zero-order chi connectivity index (χ0) is 22.6. The Hall–Kier alpha value is -2.12. The second-order valence-electron chi connectivity index (χ2n) is 10.1. The van der Waals surface area contributed by atoms with Crippen LogP contribution in [-0.2, 0) is 16.1 Å². The topological polar surface area (TPSA) is 73.9 Å². The van der Waals surface area contributed by atoms with Gasteiger partial charge in [0.25, 0.3) is 0 Å². The van der Waals surface area contributed by atoms with Gasteiger partial charge in [-0.25, -0.2) is 0 Å². The van der Waals surface area contributed by atoms with Crippen molar-refractivity contribution in [2.75, 3.05) is 33.8 Å². The Bertz CT molecular complexity index is 759. The Morgan fingerprint density at radius 1 is 1.26 bits per heavy atom. The summed E-state index contributed by atoms with van der Waals surface area (Å²) in [6, 6.07) is 7.97. The maximum atomic E-state index is 12.9. The van der Waals surface area contributed by atoms with Gasteiger partial charge in [-0.1, -0.05) is 32.9 Å². The van der Waals surface area contributed by atoms with Crippen LogP contribution in [-0.4, -0.2) is 73.5 Å². The predicted molar refractivity (Wildman–Crippen MR) is 122 cm³/mol. The third-order valence-corrected chi connectivity index (χ3v) is 6.38. The molecule has 2 fully saturated rings. The summed E-state index contributed by atoms with van der Waals surface area (Å²) in [5.74, 6) is 0.974. The summed E-state index contributed by atoms with van der Waals surface area (Å²) < 4.78 is 5.16. The quantitative estimate of drug-likeness (QED) is 0.692. The number of methoxy groups -OCH3 is 1. The van der Waals surface area contributed by atoms with Crippen molar-refractivity contribution in [1.29, 1.82) is 0 Å². The molecule has 2 saturated heterocycles. The molecule has 0 unspecified atom stereocenters. The van der Waals surface area contributed by atoms with Gasteiger partial charge >= 0.3 is 0 Å². The molecule has 3 atom stereocenters. The Kier molecular flexibility index (Phi) is 7.59. The van der Waals surface area contributed by atoms with Crippen LogP contribution in [0.2, 0.25) is 0 Å². The molecule has 1 aromatic carbocycles. The first-order chi connectivity index (χ1) is 14.7. The number of fused-ring (bicyclic) bond motifs is 1. The number of rotatable bonds is 7. The van der Waals surface area contributed by atoms with E-state index in [9.17, 15) is 9.59 Å². The van der Waals surface area contributed by atoms with Crippen molar-refractivity contribution in [3.63, 3.8) is 0 Å². The maximum absolute atomic E-state index is 12.9. The van der Waals surface area contributed by atoms with Crippen LogP contribution in [0.4, 0.5) is 0 Å². The molecule has 1 aromatic rings. The van der Waals surface area contributed by atoms with Crippen LogP contribution in [0.25, 0.3) is 0 Å². The van der Waals surface area contributed by atoms with Crippen LogP contribution in [0.5, 0.6) is 5.75 Å². The predicted octanol–water partition coefficient (Wildman–Crippen LogP) is 2.01. The number of amides is 2. The molecule has 0 spiro atoms. The minimum Gasteiger partial charge on any atom is -0.497 e. The number of hydrogen-bond donors (Lipinski definition) is 2. The SMILES string of the molecule is COc1ccc(CNC(=O)CC[C@H]2CNC(=O)[C@@H]3[C@H](CCN3CC(C)(C)C)N2C)cc1. The number of ether oxygens (including phenoxy) is 1. The highest BCUT2D eigenvalue weighted by atomic mass is 16.5. The third-order valence-electron chi connectivity index (χ3n) is 6.38. The summed E-state index contributed by atoms with van der Waals surface area (Å²) >= 11 is 0. The first-order valence-corrected chi connectivity index (χ1v) is 11.3. The molecule has 7 heteroatoms. The van der Waals surface area contributed by atoms with Gasteiger partial charge in [-0.3, -0.25) is 19.4 Å². The molecule has 2 heterocycles. The van der Waals surface area contributed by atoms with Crippen LogP contribution in [0.1, 0.15) is 45.6 Å². The van der Waals surface area contributed by atoms with Crippen molar-refractivity contribution in [2.24, 2.45) is 5.41 Å². The molecule has 7 nitrogen and oxygen atoms in total. The molecule has 0 aromatic heterocycles. The summed E-state index contributed by atoms with van der Waals surface area (Å²) in [5, 5.41) is 6.14. The number of carbonyl (C=O) groups excluding carboxylic acids is 2. The molecular formula is C24H38N4O3. The summed E-state index contributed by atoms with van der Waals surface area (Å²) in [4.78, 5) is 30.0. The number of likely N-dealkylation sites (N-methyl/N-ethyl adjacent to an activating group) is 1. The molecule has 31 heavy (non-hydrogen) atoms. The lowest BCUT2D eigenvalue weighted by atomic mass is 9.95. The Morgan fingerprint density at radius 2 is 1.97 bits per heavy atom. The summed E-state index contributed by atoms with van der Waals surface area (Å²) in [5.41, 5.74) is 1.20. The lowest BCUT2D eigenvalue weighted by molar-refractivity contribution is -0.126. The smallest absolute Gasteiger partial charge is 0.239 e. The minimum absolute atomic E-state index is 0.0390. The monoisotopic (exact) mass is 430 g/mol. The van der Waals surface area contributed by atoms with Crippen LogP contribution in [0.3, 0.4) is 0 Å². The summed E-state index contributed by atoms with van der Waals surface area (Å²) in [7, 11) is 3.75. The maximum Gasteiger partial charge on any atom is 0.239 e. The third kappa shape index (κ3) is 6.20. The van der Waals surface area contributed by atoms with E-state index in [4.69, 9.17) is 4.74 Å². The van der Waals surface area contributed by atoms with E-state index in [1.165, 1.54) is 0 Å². The average molecular weight is 431 g/mol. The van der Waals surface area contributed by atoms with E-state index in [1.54, 1.807) is 7.11 Å². The fourth-order valence-electron chi connectivity index (χ4n) is 4.77. The Labute approximate surface area is 186 Å². The highest BCUT2D eigenvalue weighted by molar-refractivity contribution is 5.83. The largest absolute Gasteiger partial charge is 0.497 e. The van der Waals surface area contributed by atoms with Crippen molar-refractivity contribution in [1.82, 2.24) is 20.4 Å². The Morgan fingerprint density at radius 3 is 2.61 bits per heavy atom. The highest BCUT2D eigenvalue weighted by Gasteiger charge is 2.45. The van der Waals surface area contributed by atoms with Crippen LogP contribution >= 0.6 is 0 Å². The highest BCUT2D eigenvalue weighted by Crippen LogP contribution is 2.30. The van der Waals surface area contributed by atoms with Gasteiger partial charge in [-0.15, -0.1) is 0 Å². The number of hydrogen-bond acceptors (Lipinski definition) is 5. The number of benzene rings is 1. The van der Waals surface area contributed by atoms with Gasteiger partial charge in [0.2, 0.25) is 11.8 Å². The number of nitrogens with one attached hydrogen (secondary N) is 2. The summed E-state index contributed by atoms with van der Waals surface area (Å²) in [6.07, 6.45) is 2.17. The van der Waals surface area contributed by atoms with Gasteiger partial charge in [0.1, 0.15) is 11.8 Å². The first kappa shape index (κ1) is 23.5.